The van der Waals surface area contributed by atoms with Gasteiger partial charge in [-0.05, 0) is 80.1 Å². The van der Waals surface area contributed by atoms with Crippen molar-refractivity contribution in [1.82, 2.24) is 50.2 Å². The number of aromatic nitrogens is 9. The van der Waals surface area contributed by atoms with Crippen molar-refractivity contribution in [3.63, 3.8) is 0 Å². The summed E-state index contributed by atoms with van der Waals surface area (Å²) in [5, 5.41) is 63.0. The zero-order chi connectivity index (χ0) is 99.6. The average molecular weight is 1910 g/mol. The molecule has 0 radical (unpaired) electrons. The van der Waals surface area contributed by atoms with E-state index in [1.54, 1.807) is 81.4 Å². The van der Waals surface area contributed by atoms with Gasteiger partial charge in [0.1, 0.15) is 58.0 Å². The summed E-state index contributed by atoms with van der Waals surface area (Å²) in [4.78, 5) is 94.9. The number of pyridine rings is 3. The Labute approximate surface area is 802 Å². The number of aliphatic hydroxyl groups is 4. The first-order valence-corrected chi connectivity index (χ1v) is 45.2. The van der Waals surface area contributed by atoms with Crippen LogP contribution in [0.5, 0.6) is 23.1 Å². The average Bonchev–Trinajstić information content (AvgIpc) is 1.52. The lowest BCUT2D eigenvalue weighted by molar-refractivity contribution is -0.191. The molecule has 9 aromatic carbocycles. The second-order valence-electron chi connectivity index (χ2n) is 36.2. The lowest BCUT2D eigenvalue weighted by Gasteiger charge is -2.41. The number of nitrogens with two attached hydrogens (primary N) is 1. The van der Waals surface area contributed by atoms with Crippen molar-refractivity contribution in [3.05, 3.63) is 474 Å². The first-order valence-electron chi connectivity index (χ1n) is 45.2. The molecule has 708 valence electrons. The number of nitrogens with one attached hydrogen (secondary N) is 4. The van der Waals surface area contributed by atoms with E-state index in [1.165, 1.54) is 24.3 Å². The van der Waals surface area contributed by atoms with Crippen LogP contribution in [0.25, 0.3) is 11.4 Å². The van der Waals surface area contributed by atoms with Gasteiger partial charge in [-0.15, -0.1) is 0 Å². The number of nitrogens with zero attached hydrogens (tertiary/aromatic N) is 8. The van der Waals surface area contributed by atoms with Gasteiger partial charge in [-0.1, -0.05) is 226 Å². The Morgan fingerprint density at radius 2 is 0.915 bits per heavy atom. The molecule has 11 heterocycles. The van der Waals surface area contributed by atoms with Gasteiger partial charge in [-0.3, -0.25) is 19.4 Å². The molecule has 0 unspecified atom stereocenters. The van der Waals surface area contributed by atoms with Gasteiger partial charge in [-0.2, -0.15) is 33.0 Å². The molecule has 12 atom stereocenters. The van der Waals surface area contributed by atoms with E-state index < -0.39 is 126 Å². The highest BCUT2D eigenvalue weighted by Gasteiger charge is 2.79. The number of H-pyrrole nitrogens is 3. The number of fused-ring (bicyclic) bond motifs is 19. The van der Waals surface area contributed by atoms with E-state index in [4.69, 9.17) is 49.2 Å². The Morgan fingerprint density at radius 3 is 1.44 bits per heavy atom. The molecule has 5 aliphatic carbocycles. The zero-order valence-corrected chi connectivity index (χ0v) is 75.7. The van der Waals surface area contributed by atoms with E-state index in [2.05, 4.69) is 52.9 Å². The zero-order valence-electron chi connectivity index (χ0n) is 75.7. The van der Waals surface area contributed by atoms with Crippen molar-refractivity contribution in [2.75, 3.05) is 5.73 Å². The fourth-order valence-electron chi connectivity index (χ4n) is 22.6. The SMILES string of the molecule is C=C1NC(CC)=NC2=C1[C@@H](c1ccccc1)[C@]1(c3ccc(C#N)cc3)Oc3cc(F)cc(F)c3[C@]21O.Cc1cc2c(c(F)n1)[C@]1(O)c3nc(-c4ccccc4)[nH]c(=O)c3[C@@H](c3ccccc3)[C@]1(c1ccccc1)O2.Cc1cc2c(c(F)n1)[C@]1(O)c3nc(C4CC4)[nH]c(=O)c3[C@@H](c3ccccc3)[C@]1(c1ccc(F)cc1)O2.Cc1ccc([C@@]23Oc4nc(F)cc(F)c4[C@]2(O)c2nc(N)[nH]c(=O)c2[C@H]3C)cc1.O=C=O. The van der Waals surface area contributed by atoms with Crippen LogP contribution in [0.1, 0.15) is 186 Å². The summed E-state index contributed by atoms with van der Waals surface area (Å²) in [6, 6.07) is 72.9. The minimum atomic E-state index is -2.24. The maximum absolute atomic E-state index is 15.8. The van der Waals surface area contributed by atoms with Crippen LogP contribution >= 0.6 is 0 Å². The minimum Gasteiger partial charge on any atom is -0.477 e. The molecule has 142 heavy (non-hydrogen) atoms. The highest BCUT2D eigenvalue weighted by Crippen LogP contribution is 2.74. The summed E-state index contributed by atoms with van der Waals surface area (Å²) in [7, 11) is 0. The van der Waals surface area contributed by atoms with Crippen LogP contribution < -0.4 is 46.7 Å². The van der Waals surface area contributed by atoms with Crippen molar-refractivity contribution < 1.29 is 79.7 Å². The van der Waals surface area contributed by atoms with Gasteiger partial charge in [-0.25, -0.2) is 47.5 Å². The predicted octanol–water partition coefficient (Wildman–Crippen LogP) is 15.9. The summed E-state index contributed by atoms with van der Waals surface area (Å²) < 4.78 is 130. The van der Waals surface area contributed by atoms with E-state index in [0.717, 1.165) is 41.7 Å². The number of amidine groups is 1. The summed E-state index contributed by atoms with van der Waals surface area (Å²) >= 11 is 0. The van der Waals surface area contributed by atoms with Gasteiger partial charge in [0, 0.05) is 99.1 Å². The lowest BCUT2D eigenvalue weighted by Crippen LogP contribution is -2.50. The molecule has 10 N–H and O–H groups in total. The van der Waals surface area contributed by atoms with Crippen LogP contribution in [0.15, 0.2) is 298 Å². The Bertz CT molecular complexity index is 8130. The van der Waals surface area contributed by atoms with Crippen LogP contribution in [0.4, 0.5) is 36.7 Å². The number of halogens is 7. The number of allylic oxidation sites excluding steroid dienone is 1. The molecule has 25 rings (SSSR count). The third-order valence-electron chi connectivity index (χ3n) is 28.4. The van der Waals surface area contributed by atoms with Crippen molar-refractivity contribution >= 4 is 17.9 Å². The van der Waals surface area contributed by atoms with E-state index >= 15 is 13.2 Å². The summed E-state index contributed by atoms with van der Waals surface area (Å²) in [6.45, 7) is 13.0. The Morgan fingerprint density at radius 1 is 0.472 bits per heavy atom. The summed E-state index contributed by atoms with van der Waals surface area (Å²) in [5.41, 5.74) is -3.15. The van der Waals surface area contributed by atoms with Gasteiger partial charge in [0.05, 0.1) is 85.5 Å². The number of benzene rings is 9. The lowest BCUT2D eigenvalue weighted by atomic mass is 9.69. The summed E-state index contributed by atoms with van der Waals surface area (Å²) in [6.07, 6.45) is 2.51. The number of carbonyl (C=O) groups excluding carboxylic acids is 2. The van der Waals surface area contributed by atoms with Gasteiger partial charge in [0.2, 0.25) is 29.7 Å². The minimum absolute atomic E-state index is 0.0506. The molecular formula is C109H80F7N13O13. The molecule has 26 nitrogen and oxygen atoms in total. The van der Waals surface area contributed by atoms with Crippen LogP contribution in [0.3, 0.4) is 0 Å². The highest BCUT2D eigenvalue weighted by atomic mass is 19.2. The third kappa shape index (κ3) is 13.0. The smallest absolute Gasteiger partial charge is 0.373 e. The van der Waals surface area contributed by atoms with Gasteiger partial charge in [0.25, 0.3) is 16.7 Å². The number of aromatic amines is 3. The quantitative estimate of drug-likeness (QED) is 0.0453. The van der Waals surface area contributed by atoms with Crippen molar-refractivity contribution in [2.24, 2.45) is 4.99 Å². The molecule has 0 saturated heterocycles. The second-order valence-corrected chi connectivity index (χ2v) is 36.2. The van der Waals surface area contributed by atoms with Crippen LogP contribution in [0, 0.1) is 73.2 Å². The number of aryl methyl sites for hydroxylation is 3. The Hall–Kier alpha value is -16.8. The van der Waals surface area contributed by atoms with Crippen molar-refractivity contribution in [2.45, 2.75) is 128 Å². The molecule has 0 spiro atoms. The molecular weight excluding hydrogens is 1830 g/mol. The van der Waals surface area contributed by atoms with Gasteiger partial charge in [0.15, 0.2) is 44.8 Å². The summed E-state index contributed by atoms with van der Waals surface area (Å²) in [5.74, 6) is -8.32. The molecule has 15 aromatic rings. The second kappa shape index (κ2) is 33.5. The van der Waals surface area contributed by atoms with Gasteiger partial charge < -0.3 is 60.4 Å². The molecule has 33 heteroatoms. The largest absolute Gasteiger partial charge is 0.477 e. The monoisotopic (exact) mass is 1910 g/mol. The number of aliphatic imine (C=N–C) groups is 1. The number of nitrogen functional groups attached to an aromatic ring is 1. The number of rotatable bonds is 10. The first kappa shape index (κ1) is 91.6. The predicted molar refractivity (Wildman–Crippen MR) is 498 cm³/mol. The fraction of sp³-hybridized carbons (Fsp3) is 0.193. The third-order valence-corrected chi connectivity index (χ3v) is 28.4. The number of nitriles is 1. The first-order chi connectivity index (χ1) is 68.2. The Kier molecular flexibility index (Phi) is 21.6. The van der Waals surface area contributed by atoms with Crippen molar-refractivity contribution in [1.29, 1.82) is 5.26 Å². The van der Waals surface area contributed by atoms with E-state index in [1.807, 2.05) is 166 Å². The standard InChI is InChI=1S/C31H22FN3O3.C29H21F2N3O2.C28H21F2N3O3.C20H16F2N4O3.CO2/c1-18-17-22-25(27(32)33-18)30(37)26-23(29(36)35-28(34-26)20-13-7-3-8-14-20)24(19-11-5-2-6-12-19)31(30,38-22)21-15-9-4-10-16-21;1-3-23-33-16(2)24-25(18-7-5-4-6-8-18)29(19-11-9-17(15-32)10-12-19)28(35,27(24)34-23)26-21(31)13-20(30)14-22(26)36-29;1-14-13-19-22(24(30)31-14)27(35)23-20(26(34)33-25(32-23)16-7-8-16)21(15-5-3-2-4-6-15)28(27,36-19)17-9-11-18(29)12-10-17;1-8-3-5-10(6-4-8)20-9(2)13-15(25-18(23)26-16(13)27)19(20,28)14-11(21)7-12(22)24-17(14)29-20;2-1-3/h2-17,24,37H,1H3,(H,34,35,36);4-14,25,35H,2-3H2,1H3,(H,33,34);2-6,9-13,16,21,35H,7-8H2,1H3,(H,32,33,34);3-7,9,28H,1-2H3,(H3,23,25,26,27);/t24-,30+,31+;25-,28+,29+;21-,27+,28+;9-,19+,20-;/m1111./s1. The topological polar surface area (TPSA) is 402 Å². The molecule has 1 saturated carbocycles. The van der Waals surface area contributed by atoms with Crippen LogP contribution in [-0.4, -0.2) is 77.3 Å². The van der Waals surface area contributed by atoms with Gasteiger partial charge >= 0.3 is 6.15 Å². The molecule has 10 aliphatic rings. The number of hydrogen-bond donors (Lipinski definition) is 9. The highest BCUT2D eigenvalue weighted by molar-refractivity contribution is 5.89. The van der Waals surface area contributed by atoms with Crippen LogP contribution in [0.2, 0.25) is 0 Å². The molecule has 0 bridgehead atoms. The number of hydrogen-bond acceptors (Lipinski definition) is 23. The molecule has 6 aromatic heterocycles. The molecule has 1 fully saturated rings. The fourth-order valence-corrected chi connectivity index (χ4v) is 22.6. The van der Waals surface area contributed by atoms with E-state index in [0.29, 0.717) is 85.7 Å². The van der Waals surface area contributed by atoms with Crippen LogP contribution in [-0.2, 0) is 54.4 Å². The van der Waals surface area contributed by atoms with E-state index in [9.17, 15) is 57.6 Å². The normalized spacial score (nSPS) is 24.7. The number of anilines is 1. The van der Waals surface area contributed by atoms with Crippen molar-refractivity contribution in [3.8, 4) is 40.6 Å². The number of ether oxygens (including phenoxy) is 4. The molecule has 0 amide bonds. The van der Waals surface area contributed by atoms with E-state index in [-0.39, 0.29) is 109 Å². The maximum atomic E-state index is 15.8. The maximum Gasteiger partial charge on any atom is 0.373 e. The Balaban J connectivity index is 0.000000111. The molecule has 5 aliphatic heterocycles.